The van der Waals surface area contributed by atoms with Crippen LogP contribution in [0.2, 0.25) is 0 Å². The lowest BCUT2D eigenvalue weighted by molar-refractivity contribution is -0.119. The number of carbonyl (C=O) groups is 2. The van der Waals surface area contributed by atoms with Gasteiger partial charge in [0.05, 0.1) is 12.0 Å². The maximum absolute atomic E-state index is 11.8. The molecule has 1 aliphatic heterocycles. The van der Waals surface area contributed by atoms with Crippen molar-refractivity contribution in [2.75, 3.05) is 23.9 Å². The maximum atomic E-state index is 11.8. The van der Waals surface area contributed by atoms with E-state index in [0.29, 0.717) is 5.69 Å². The lowest BCUT2D eigenvalue weighted by Crippen LogP contribution is -2.29. The van der Waals surface area contributed by atoms with Crippen LogP contribution in [0.1, 0.15) is 0 Å². The summed E-state index contributed by atoms with van der Waals surface area (Å²) in [7, 11) is 3.99. The largest absolute Gasteiger partial charge is 0.463 e. The van der Waals surface area contributed by atoms with E-state index in [4.69, 9.17) is 4.42 Å². The second-order valence-electron chi connectivity index (χ2n) is 6.12. The first kappa shape index (κ1) is 15.2. The smallest absolute Gasteiger partial charge is 0.258 e. The Labute approximate surface area is 144 Å². The standard InChI is InChI=1S/C20H16N2O3/c1-21(2)16-8-5-14-12-25-20(17(14)11-16)13-3-6-15(7-4-13)22-18(23)9-10-19(22)24/h3-12H,1-2H3. The summed E-state index contributed by atoms with van der Waals surface area (Å²) in [6.07, 6.45) is 4.29. The average Bonchev–Trinajstić information content (AvgIpc) is 3.18. The van der Waals surface area contributed by atoms with Crippen LogP contribution in [0, 0.1) is 0 Å². The van der Waals surface area contributed by atoms with Crippen molar-refractivity contribution in [2.45, 2.75) is 0 Å². The number of imide groups is 1. The van der Waals surface area contributed by atoms with Crippen LogP contribution in [-0.2, 0) is 9.59 Å². The van der Waals surface area contributed by atoms with Crippen LogP contribution in [0.3, 0.4) is 0 Å². The van der Waals surface area contributed by atoms with Gasteiger partial charge in [-0.3, -0.25) is 9.59 Å². The molecule has 0 bridgehead atoms. The fraction of sp³-hybridized carbons (Fsp3) is 0.100. The molecule has 124 valence electrons. The van der Waals surface area contributed by atoms with Gasteiger partial charge in [0.1, 0.15) is 5.76 Å². The van der Waals surface area contributed by atoms with E-state index in [2.05, 4.69) is 6.07 Å². The van der Waals surface area contributed by atoms with Crippen molar-refractivity contribution in [3.63, 3.8) is 0 Å². The molecule has 0 atom stereocenters. The van der Waals surface area contributed by atoms with E-state index in [0.717, 1.165) is 32.7 Å². The molecule has 25 heavy (non-hydrogen) atoms. The number of amides is 2. The molecule has 1 aliphatic rings. The van der Waals surface area contributed by atoms with E-state index in [-0.39, 0.29) is 11.8 Å². The highest BCUT2D eigenvalue weighted by Crippen LogP contribution is 2.34. The zero-order valence-corrected chi connectivity index (χ0v) is 13.9. The van der Waals surface area contributed by atoms with Gasteiger partial charge in [-0.25, -0.2) is 4.90 Å². The third-order valence-electron chi connectivity index (χ3n) is 4.30. The molecule has 0 fully saturated rings. The van der Waals surface area contributed by atoms with Crippen LogP contribution in [0.25, 0.3) is 22.1 Å². The normalized spacial score (nSPS) is 13.9. The summed E-state index contributed by atoms with van der Waals surface area (Å²) in [5.74, 6) is 0.121. The van der Waals surface area contributed by atoms with Crippen molar-refractivity contribution in [3.8, 4) is 11.3 Å². The van der Waals surface area contributed by atoms with E-state index in [1.165, 1.54) is 12.2 Å². The minimum atomic E-state index is -0.322. The lowest BCUT2D eigenvalue weighted by atomic mass is 10.1. The molecule has 0 N–H and O–H groups in total. The van der Waals surface area contributed by atoms with Gasteiger partial charge in [0.25, 0.3) is 11.8 Å². The molecule has 0 radical (unpaired) electrons. The Morgan fingerprint density at radius 2 is 1.60 bits per heavy atom. The molecule has 0 aliphatic carbocycles. The van der Waals surface area contributed by atoms with Gasteiger partial charge < -0.3 is 9.32 Å². The van der Waals surface area contributed by atoms with E-state index >= 15 is 0 Å². The predicted molar refractivity (Wildman–Crippen MR) is 97.6 cm³/mol. The van der Waals surface area contributed by atoms with Gasteiger partial charge in [-0.1, -0.05) is 0 Å². The van der Waals surface area contributed by atoms with E-state index < -0.39 is 0 Å². The van der Waals surface area contributed by atoms with E-state index in [1.807, 2.05) is 43.3 Å². The molecular formula is C20H16N2O3. The number of nitrogens with zero attached hydrogens (tertiary/aromatic N) is 2. The Kier molecular flexibility index (Phi) is 3.42. The summed E-state index contributed by atoms with van der Waals surface area (Å²) >= 11 is 0. The molecule has 0 unspecified atom stereocenters. The highest BCUT2D eigenvalue weighted by Gasteiger charge is 2.25. The number of fused-ring (bicyclic) bond motifs is 1. The molecule has 4 rings (SSSR count). The Balaban J connectivity index is 1.73. The van der Waals surface area contributed by atoms with Gasteiger partial charge in [-0.2, -0.15) is 0 Å². The molecule has 1 aromatic heterocycles. The number of benzene rings is 2. The number of furan rings is 1. The summed E-state index contributed by atoms with van der Waals surface area (Å²) in [5, 5.41) is 2.05. The minimum absolute atomic E-state index is 0.322. The fourth-order valence-corrected chi connectivity index (χ4v) is 2.95. The van der Waals surface area contributed by atoms with E-state index in [1.54, 1.807) is 18.4 Å². The summed E-state index contributed by atoms with van der Waals surface area (Å²) in [6, 6.07) is 13.4. The molecular weight excluding hydrogens is 316 g/mol. The summed E-state index contributed by atoms with van der Waals surface area (Å²) in [5.41, 5.74) is 2.53. The van der Waals surface area contributed by atoms with Crippen molar-refractivity contribution >= 4 is 34.0 Å². The topological polar surface area (TPSA) is 53.8 Å². The van der Waals surface area contributed by atoms with Crippen molar-refractivity contribution in [3.05, 3.63) is 60.9 Å². The van der Waals surface area contributed by atoms with Gasteiger partial charge >= 0.3 is 0 Å². The Hall–Kier alpha value is -3.34. The van der Waals surface area contributed by atoms with Crippen LogP contribution < -0.4 is 9.80 Å². The lowest BCUT2D eigenvalue weighted by Gasteiger charge is -2.14. The zero-order chi connectivity index (χ0) is 17.6. The third kappa shape index (κ3) is 2.50. The number of hydrogen-bond acceptors (Lipinski definition) is 4. The second-order valence-corrected chi connectivity index (χ2v) is 6.12. The van der Waals surface area contributed by atoms with Crippen molar-refractivity contribution in [2.24, 2.45) is 0 Å². The first-order chi connectivity index (χ1) is 12.0. The molecule has 3 aromatic rings. The average molecular weight is 332 g/mol. The van der Waals surface area contributed by atoms with Gasteiger partial charge in [0.2, 0.25) is 0 Å². The second kappa shape index (κ2) is 5.63. The fourth-order valence-electron chi connectivity index (χ4n) is 2.95. The quantitative estimate of drug-likeness (QED) is 0.688. The van der Waals surface area contributed by atoms with Gasteiger partial charge in [-0.15, -0.1) is 0 Å². The van der Waals surface area contributed by atoms with E-state index in [9.17, 15) is 9.59 Å². The number of hydrogen-bond donors (Lipinski definition) is 0. The monoisotopic (exact) mass is 332 g/mol. The highest BCUT2D eigenvalue weighted by atomic mass is 16.3. The molecule has 0 saturated carbocycles. The minimum Gasteiger partial charge on any atom is -0.463 e. The molecule has 2 heterocycles. The summed E-state index contributed by atoms with van der Waals surface area (Å²) in [4.78, 5) is 26.7. The maximum Gasteiger partial charge on any atom is 0.258 e. The molecule has 0 saturated heterocycles. The molecule has 5 nitrogen and oxygen atoms in total. The summed E-state index contributed by atoms with van der Waals surface area (Å²) in [6.45, 7) is 0. The van der Waals surface area contributed by atoms with Crippen LogP contribution >= 0.6 is 0 Å². The Morgan fingerprint density at radius 3 is 2.24 bits per heavy atom. The zero-order valence-electron chi connectivity index (χ0n) is 13.9. The summed E-state index contributed by atoms with van der Waals surface area (Å²) < 4.78 is 5.77. The third-order valence-corrected chi connectivity index (χ3v) is 4.30. The van der Waals surface area contributed by atoms with Gasteiger partial charge in [0, 0.05) is 48.3 Å². The first-order valence-electron chi connectivity index (χ1n) is 7.90. The van der Waals surface area contributed by atoms with Crippen molar-refractivity contribution < 1.29 is 14.0 Å². The Morgan fingerprint density at radius 1 is 0.920 bits per heavy atom. The van der Waals surface area contributed by atoms with Crippen molar-refractivity contribution in [1.29, 1.82) is 0 Å². The molecule has 5 heteroatoms. The SMILES string of the molecule is CN(C)c1ccc2coc(-c3ccc(N4C(=O)C=CC4=O)cc3)c2c1. The van der Waals surface area contributed by atoms with Crippen LogP contribution in [0.5, 0.6) is 0 Å². The Bertz CT molecular complexity index is 995. The highest BCUT2D eigenvalue weighted by molar-refractivity contribution is 6.28. The van der Waals surface area contributed by atoms with Crippen LogP contribution in [0.15, 0.2) is 65.3 Å². The van der Waals surface area contributed by atoms with Crippen molar-refractivity contribution in [1.82, 2.24) is 0 Å². The van der Waals surface area contributed by atoms with Gasteiger partial charge in [-0.05, 0) is 42.5 Å². The molecule has 2 aromatic carbocycles. The number of rotatable bonds is 3. The molecule has 2 amide bonds. The van der Waals surface area contributed by atoms with Crippen LogP contribution in [-0.4, -0.2) is 25.9 Å². The predicted octanol–water partition coefficient (Wildman–Crippen LogP) is 3.60. The van der Waals surface area contributed by atoms with Crippen LogP contribution in [0.4, 0.5) is 11.4 Å². The number of anilines is 2. The number of carbonyl (C=O) groups excluding carboxylic acids is 2. The van der Waals surface area contributed by atoms with Gasteiger partial charge in [0.15, 0.2) is 0 Å². The molecule has 0 spiro atoms. The first-order valence-corrected chi connectivity index (χ1v) is 7.90.